The van der Waals surface area contributed by atoms with Crippen LogP contribution in [-0.4, -0.2) is 66.6 Å². The van der Waals surface area contributed by atoms with Gasteiger partial charge in [0.2, 0.25) is 5.91 Å². The Bertz CT molecular complexity index is 576. The van der Waals surface area contributed by atoms with Crippen molar-refractivity contribution < 1.29 is 18.4 Å². The number of hydrogen-bond acceptors (Lipinski definition) is 4. The Kier molecular flexibility index (Phi) is 7.64. The Morgan fingerprint density at radius 2 is 1.80 bits per heavy atom. The fourth-order valence-corrected chi connectivity index (χ4v) is 3.09. The van der Waals surface area contributed by atoms with E-state index >= 15 is 0 Å². The van der Waals surface area contributed by atoms with Crippen LogP contribution in [0.25, 0.3) is 0 Å². The zero-order valence-electron chi connectivity index (χ0n) is 14.2. The maximum Gasteiger partial charge on any atom is 0.288 e. The van der Waals surface area contributed by atoms with Crippen LogP contribution in [0.4, 0.5) is 8.78 Å². The molecule has 1 aliphatic heterocycles. The lowest BCUT2D eigenvalue weighted by Crippen LogP contribution is -2.51. The molecule has 138 valence electrons. The van der Waals surface area contributed by atoms with E-state index in [0.29, 0.717) is 61.5 Å². The highest BCUT2D eigenvalue weighted by atomic mass is 32.2. The number of carbonyl (C=O) groups is 2. The van der Waals surface area contributed by atoms with E-state index in [4.69, 9.17) is 0 Å². The van der Waals surface area contributed by atoms with Crippen molar-refractivity contribution in [3.8, 4) is 0 Å². The van der Waals surface area contributed by atoms with Crippen molar-refractivity contribution in [3.63, 3.8) is 0 Å². The van der Waals surface area contributed by atoms with Gasteiger partial charge in [-0.1, -0.05) is 18.7 Å². The van der Waals surface area contributed by atoms with E-state index in [1.165, 1.54) is 0 Å². The third-order valence-corrected chi connectivity index (χ3v) is 4.65. The van der Waals surface area contributed by atoms with Gasteiger partial charge in [0.1, 0.15) is 0 Å². The second-order valence-corrected chi connectivity index (χ2v) is 6.88. The SMILES string of the molecule is CCCNC(=O)CN1CCN(C(=O)c2ccc(SC(F)F)cc2)CC1. The molecule has 1 aromatic carbocycles. The van der Waals surface area contributed by atoms with Gasteiger partial charge in [0.15, 0.2) is 0 Å². The average Bonchev–Trinajstić information content (AvgIpc) is 2.60. The number of benzene rings is 1. The van der Waals surface area contributed by atoms with Crippen LogP contribution in [0.5, 0.6) is 0 Å². The molecule has 1 fully saturated rings. The summed E-state index contributed by atoms with van der Waals surface area (Å²) in [4.78, 5) is 28.4. The molecule has 25 heavy (non-hydrogen) atoms. The molecule has 0 unspecified atom stereocenters. The number of halogens is 2. The lowest BCUT2D eigenvalue weighted by atomic mass is 10.2. The lowest BCUT2D eigenvalue weighted by molar-refractivity contribution is -0.122. The second kappa shape index (κ2) is 9.72. The van der Waals surface area contributed by atoms with Gasteiger partial charge in [0.05, 0.1) is 6.54 Å². The first-order valence-corrected chi connectivity index (χ1v) is 9.20. The molecule has 8 heteroatoms. The summed E-state index contributed by atoms with van der Waals surface area (Å²) < 4.78 is 24.6. The number of nitrogens with zero attached hydrogens (tertiary/aromatic N) is 2. The molecule has 0 spiro atoms. The number of carbonyl (C=O) groups excluding carboxylic acids is 2. The normalized spacial score (nSPS) is 15.4. The number of hydrogen-bond donors (Lipinski definition) is 1. The van der Waals surface area contributed by atoms with Crippen molar-refractivity contribution in [2.24, 2.45) is 0 Å². The summed E-state index contributed by atoms with van der Waals surface area (Å²) in [6.45, 7) is 5.41. The minimum absolute atomic E-state index is 0.00810. The summed E-state index contributed by atoms with van der Waals surface area (Å²) in [5.74, 6) is -2.57. The summed E-state index contributed by atoms with van der Waals surface area (Å²) in [6.07, 6.45) is 0.905. The summed E-state index contributed by atoms with van der Waals surface area (Å²) in [6, 6.07) is 6.24. The maximum atomic E-state index is 12.5. The molecule has 5 nitrogen and oxygen atoms in total. The van der Waals surface area contributed by atoms with Gasteiger partial charge >= 0.3 is 0 Å². The Morgan fingerprint density at radius 3 is 2.36 bits per heavy atom. The van der Waals surface area contributed by atoms with Gasteiger partial charge in [-0.2, -0.15) is 8.78 Å². The van der Waals surface area contributed by atoms with Gasteiger partial charge in [-0.15, -0.1) is 0 Å². The minimum atomic E-state index is -2.47. The fourth-order valence-electron chi connectivity index (χ4n) is 2.59. The minimum Gasteiger partial charge on any atom is -0.355 e. The summed E-state index contributed by atoms with van der Waals surface area (Å²) in [7, 11) is 0. The van der Waals surface area contributed by atoms with Gasteiger partial charge in [-0.25, -0.2) is 0 Å². The molecule has 0 aliphatic carbocycles. The van der Waals surface area contributed by atoms with Crippen LogP contribution in [-0.2, 0) is 4.79 Å². The molecule has 0 saturated carbocycles. The maximum absolute atomic E-state index is 12.5. The molecule has 0 atom stereocenters. The first-order valence-electron chi connectivity index (χ1n) is 8.32. The topological polar surface area (TPSA) is 52.7 Å². The zero-order chi connectivity index (χ0) is 18.2. The summed E-state index contributed by atoms with van der Waals surface area (Å²) >= 11 is 0.463. The molecular weight excluding hydrogens is 348 g/mol. The Morgan fingerprint density at radius 1 is 1.16 bits per heavy atom. The molecule has 0 aromatic heterocycles. The Labute approximate surface area is 150 Å². The monoisotopic (exact) mass is 371 g/mol. The smallest absolute Gasteiger partial charge is 0.288 e. The Hall–Kier alpha value is -1.67. The highest BCUT2D eigenvalue weighted by molar-refractivity contribution is 7.99. The summed E-state index contributed by atoms with van der Waals surface area (Å²) in [5.41, 5.74) is 0.493. The highest BCUT2D eigenvalue weighted by Gasteiger charge is 2.23. The number of amides is 2. The highest BCUT2D eigenvalue weighted by Crippen LogP contribution is 2.25. The number of piperazine rings is 1. The van der Waals surface area contributed by atoms with Crippen molar-refractivity contribution >= 4 is 23.6 Å². The molecule has 0 radical (unpaired) electrons. The fraction of sp³-hybridized carbons (Fsp3) is 0.529. The third kappa shape index (κ3) is 6.28. The van der Waals surface area contributed by atoms with Crippen LogP contribution in [0, 0.1) is 0 Å². The summed E-state index contributed by atoms with van der Waals surface area (Å²) in [5, 5.41) is 2.84. The van der Waals surface area contributed by atoms with Gasteiger partial charge in [-0.3, -0.25) is 14.5 Å². The largest absolute Gasteiger partial charge is 0.355 e. The second-order valence-electron chi connectivity index (χ2n) is 5.82. The van der Waals surface area contributed by atoms with Crippen molar-refractivity contribution in [2.45, 2.75) is 24.0 Å². The predicted octanol–water partition coefficient (Wildman–Crippen LogP) is 2.29. The number of nitrogens with one attached hydrogen (secondary N) is 1. The molecule has 1 saturated heterocycles. The molecule has 1 aliphatic rings. The van der Waals surface area contributed by atoms with E-state index in [1.54, 1.807) is 29.2 Å². The van der Waals surface area contributed by atoms with Crippen molar-refractivity contribution in [1.29, 1.82) is 0 Å². The van der Waals surface area contributed by atoms with E-state index in [9.17, 15) is 18.4 Å². The van der Waals surface area contributed by atoms with E-state index in [0.717, 1.165) is 6.42 Å². The van der Waals surface area contributed by atoms with Crippen molar-refractivity contribution in [3.05, 3.63) is 29.8 Å². The van der Waals surface area contributed by atoms with Crippen LogP contribution in [0.15, 0.2) is 29.2 Å². The van der Waals surface area contributed by atoms with E-state index < -0.39 is 5.76 Å². The average molecular weight is 371 g/mol. The Balaban J connectivity index is 1.81. The van der Waals surface area contributed by atoms with Gasteiger partial charge < -0.3 is 10.2 Å². The molecule has 1 heterocycles. The standard InChI is InChI=1S/C17H23F2N3O2S/c1-2-7-20-15(23)12-21-8-10-22(11-9-21)16(24)13-3-5-14(6-4-13)25-17(18)19/h3-6,17H,2,7-12H2,1H3,(H,20,23). The van der Waals surface area contributed by atoms with E-state index in [1.807, 2.05) is 11.8 Å². The lowest BCUT2D eigenvalue weighted by Gasteiger charge is -2.34. The van der Waals surface area contributed by atoms with Crippen LogP contribution in [0.1, 0.15) is 23.7 Å². The third-order valence-electron chi connectivity index (χ3n) is 3.93. The van der Waals surface area contributed by atoms with Crippen LogP contribution in [0.2, 0.25) is 0 Å². The van der Waals surface area contributed by atoms with Crippen molar-refractivity contribution in [1.82, 2.24) is 15.1 Å². The number of rotatable bonds is 7. The molecule has 1 N–H and O–H groups in total. The van der Waals surface area contributed by atoms with Crippen molar-refractivity contribution in [2.75, 3.05) is 39.3 Å². The van der Waals surface area contributed by atoms with E-state index in [-0.39, 0.29) is 11.8 Å². The van der Waals surface area contributed by atoms with E-state index in [2.05, 4.69) is 5.32 Å². The van der Waals surface area contributed by atoms with Crippen LogP contribution >= 0.6 is 11.8 Å². The number of thioether (sulfide) groups is 1. The van der Waals surface area contributed by atoms with Crippen LogP contribution in [0.3, 0.4) is 0 Å². The molecular formula is C17H23F2N3O2S. The molecule has 2 amide bonds. The van der Waals surface area contributed by atoms with Gasteiger partial charge in [0, 0.05) is 43.2 Å². The van der Waals surface area contributed by atoms with Crippen LogP contribution < -0.4 is 5.32 Å². The number of alkyl halides is 2. The van der Waals surface area contributed by atoms with Gasteiger partial charge in [-0.05, 0) is 30.7 Å². The molecule has 1 aromatic rings. The zero-order valence-corrected chi connectivity index (χ0v) is 15.0. The predicted molar refractivity (Wildman–Crippen MR) is 93.9 cm³/mol. The van der Waals surface area contributed by atoms with Gasteiger partial charge in [0.25, 0.3) is 11.7 Å². The molecule has 0 bridgehead atoms. The first kappa shape index (κ1) is 19.7. The quantitative estimate of drug-likeness (QED) is 0.748. The molecule has 2 rings (SSSR count). The first-order chi connectivity index (χ1) is 12.0.